The largest absolute Gasteiger partial charge is 0.350 e. The summed E-state index contributed by atoms with van der Waals surface area (Å²) in [5.41, 5.74) is 2.07. The number of halogens is 2. The van der Waals surface area contributed by atoms with Gasteiger partial charge in [0.1, 0.15) is 12.6 Å². The number of amides is 2. The van der Waals surface area contributed by atoms with E-state index in [1.165, 1.54) is 4.90 Å². The van der Waals surface area contributed by atoms with Crippen molar-refractivity contribution < 1.29 is 18.0 Å². The van der Waals surface area contributed by atoms with Gasteiger partial charge in [0.15, 0.2) is 0 Å². The average molecular weight is 649 g/mol. The molecular formula is C30H35BrClN3O4S. The lowest BCUT2D eigenvalue weighted by molar-refractivity contribution is -0.140. The van der Waals surface area contributed by atoms with Crippen molar-refractivity contribution in [1.29, 1.82) is 0 Å². The molecule has 1 atom stereocenters. The van der Waals surface area contributed by atoms with Crippen LogP contribution in [0.4, 0.5) is 5.69 Å². The van der Waals surface area contributed by atoms with Gasteiger partial charge in [-0.3, -0.25) is 13.9 Å². The number of hydrogen-bond donors (Lipinski definition) is 1. The summed E-state index contributed by atoms with van der Waals surface area (Å²) in [5, 5.41) is 3.47. The van der Waals surface area contributed by atoms with Crippen molar-refractivity contribution in [1.82, 2.24) is 10.2 Å². The molecule has 7 nitrogen and oxygen atoms in total. The summed E-state index contributed by atoms with van der Waals surface area (Å²) in [6, 6.07) is 20.8. The summed E-state index contributed by atoms with van der Waals surface area (Å²) in [5.74, 6) is -0.835. The molecule has 0 aliphatic carbocycles. The number of nitrogens with one attached hydrogen (secondary N) is 1. The molecule has 0 aliphatic heterocycles. The molecule has 0 aromatic heterocycles. The Morgan fingerprint density at radius 3 is 2.20 bits per heavy atom. The van der Waals surface area contributed by atoms with Gasteiger partial charge in [-0.1, -0.05) is 70.0 Å². The lowest BCUT2D eigenvalue weighted by atomic mass is 10.0. The fourth-order valence-electron chi connectivity index (χ4n) is 4.33. The monoisotopic (exact) mass is 647 g/mol. The first-order chi connectivity index (χ1) is 18.6. The highest BCUT2D eigenvalue weighted by Crippen LogP contribution is 2.26. The number of carbonyl (C=O) groups excluding carboxylic acids is 2. The van der Waals surface area contributed by atoms with E-state index < -0.39 is 34.1 Å². The molecule has 10 heteroatoms. The lowest BCUT2D eigenvalue weighted by Gasteiger charge is -2.35. The smallest absolute Gasteiger partial charge is 0.244 e. The van der Waals surface area contributed by atoms with Crippen LogP contribution in [-0.2, 0) is 32.6 Å². The Kier molecular flexibility index (Phi) is 10.4. The molecule has 2 amide bonds. The van der Waals surface area contributed by atoms with Crippen molar-refractivity contribution >= 4 is 55.1 Å². The van der Waals surface area contributed by atoms with Gasteiger partial charge in [-0.25, -0.2) is 8.42 Å². The molecule has 0 aliphatic rings. The Labute approximate surface area is 250 Å². The second kappa shape index (κ2) is 13.2. The third-order valence-corrected chi connectivity index (χ3v) is 7.97. The van der Waals surface area contributed by atoms with E-state index in [1.54, 1.807) is 25.1 Å². The second-order valence-electron chi connectivity index (χ2n) is 10.8. The maximum absolute atomic E-state index is 14.1. The van der Waals surface area contributed by atoms with E-state index in [-0.39, 0.29) is 18.9 Å². The predicted octanol–water partition coefficient (Wildman–Crippen LogP) is 5.73. The number of anilines is 1. The molecule has 0 saturated heterocycles. The van der Waals surface area contributed by atoms with Gasteiger partial charge < -0.3 is 10.2 Å². The molecule has 0 spiro atoms. The fourth-order valence-corrected chi connectivity index (χ4v) is 5.91. The van der Waals surface area contributed by atoms with E-state index in [0.717, 1.165) is 26.2 Å². The minimum Gasteiger partial charge on any atom is -0.350 e. The first-order valence-corrected chi connectivity index (χ1v) is 15.8. The Morgan fingerprint density at radius 1 is 0.975 bits per heavy atom. The van der Waals surface area contributed by atoms with Crippen molar-refractivity contribution in [3.8, 4) is 0 Å². The third-order valence-electron chi connectivity index (χ3n) is 6.12. The Hall–Kier alpha value is -2.88. The molecule has 3 aromatic carbocycles. The zero-order chi connectivity index (χ0) is 29.7. The van der Waals surface area contributed by atoms with Crippen molar-refractivity contribution in [2.45, 2.75) is 52.2 Å². The number of hydrogen-bond acceptors (Lipinski definition) is 4. The topological polar surface area (TPSA) is 86.8 Å². The molecule has 3 rings (SSSR count). The van der Waals surface area contributed by atoms with Crippen molar-refractivity contribution in [3.63, 3.8) is 0 Å². The van der Waals surface area contributed by atoms with Gasteiger partial charge in [0, 0.05) is 28.0 Å². The van der Waals surface area contributed by atoms with Crippen LogP contribution in [0.5, 0.6) is 0 Å². The van der Waals surface area contributed by atoms with Crippen LogP contribution < -0.4 is 9.62 Å². The number of benzene rings is 3. The van der Waals surface area contributed by atoms with Crippen molar-refractivity contribution in [2.75, 3.05) is 17.1 Å². The van der Waals surface area contributed by atoms with E-state index in [2.05, 4.69) is 21.2 Å². The van der Waals surface area contributed by atoms with Gasteiger partial charge in [-0.05, 0) is 74.7 Å². The minimum atomic E-state index is -3.86. The normalized spacial score (nSPS) is 12.5. The summed E-state index contributed by atoms with van der Waals surface area (Å²) in [7, 11) is -3.86. The molecule has 0 bridgehead atoms. The maximum atomic E-state index is 14.1. The standard InChI is InChI=1S/C30H35BrClN3O4S/c1-21-16-25(32)14-15-26(21)35(40(5,38)39)20-28(36)34(19-23-12-9-13-24(31)17-23)27(29(37)33-30(2,3)4)18-22-10-7-6-8-11-22/h6-17,27H,18-20H2,1-5H3,(H,33,37). The number of rotatable bonds is 10. The lowest BCUT2D eigenvalue weighted by Crippen LogP contribution is -2.56. The molecule has 214 valence electrons. The van der Waals surface area contributed by atoms with Crippen LogP contribution in [0.25, 0.3) is 0 Å². The van der Waals surface area contributed by atoms with E-state index in [9.17, 15) is 18.0 Å². The van der Waals surface area contributed by atoms with Gasteiger partial charge in [-0.15, -0.1) is 0 Å². The highest BCUT2D eigenvalue weighted by molar-refractivity contribution is 9.10. The Balaban J connectivity index is 2.09. The minimum absolute atomic E-state index is 0.102. The van der Waals surface area contributed by atoms with Crippen molar-refractivity contribution in [2.24, 2.45) is 0 Å². The molecule has 0 radical (unpaired) electrons. The zero-order valence-corrected chi connectivity index (χ0v) is 26.5. The van der Waals surface area contributed by atoms with Gasteiger partial charge in [0.05, 0.1) is 11.9 Å². The molecular weight excluding hydrogens is 614 g/mol. The van der Waals surface area contributed by atoms with Crippen LogP contribution in [0.2, 0.25) is 5.02 Å². The molecule has 1 unspecified atom stereocenters. The van der Waals surface area contributed by atoms with Gasteiger partial charge in [0.25, 0.3) is 0 Å². The predicted molar refractivity (Wildman–Crippen MR) is 165 cm³/mol. The fraction of sp³-hybridized carbons (Fsp3) is 0.333. The number of carbonyl (C=O) groups is 2. The maximum Gasteiger partial charge on any atom is 0.244 e. The van der Waals surface area contributed by atoms with E-state index >= 15 is 0 Å². The highest BCUT2D eigenvalue weighted by Gasteiger charge is 2.34. The summed E-state index contributed by atoms with van der Waals surface area (Å²) >= 11 is 9.59. The summed E-state index contributed by atoms with van der Waals surface area (Å²) in [4.78, 5) is 29.4. The Bertz CT molecular complexity index is 1460. The quantitative estimate of drug-likeness (QED) is 0.304. The van der Waals surface area contributed by atoms with E-state index in [4.69, 9.17) is 11.6 Å². The van der Waals surface area contributed by atoms with Gasteiger partial charge in [0.2, 0.25) is 21.8 Å². The number of sulfonamides is 1. The van der Waals surface area contributed by atoms with E-state index in [0.29, 0.717) is 16.3 Å². The van der Waals surface area contributed by atoms with Crippen molar-refractivity contribution in [3.05, 3.63) is 99.0 Å². The highest BCUT2D eigenvalue weighted by atomic mass is 79.9. The van der Waals surface area contributed by atoms with Crippen LogP contribution in [0, 0.1) is 6.92 Å². The SMILES string of the molecule is Cc1cc(Cl)ccc1N(CC(=O)N(Cc1cccc(Br)c1)C(Cc1ccccc1)C(=O)NC(C)(C)C)S(C)(=O)=O. The van der Waals surface area contributed by atoms with Crippen LogP contribution in [-0.4, -0.2) is 49.5 Å². The zero-order valence-electron chi connectivity index (χ0n) is 23.3. The molecule has 0 fully saturated rings. The molecule has 40 heavy (non-hydrogen) atoms. The molecule has 0 heterocycles. The second-order valence-corrected chi connectivity index (χ2v) is 14.1. The summed E-state index contributed by atoms with van der Waals surface area (Å²) in [6.45, 7) is 6.98. The number of nitrogens with zero attached hydrogens (tertiary/aromatic N) is 2. The van der Waals surface area contributed by atoms with Gasteiger partial charge >= 0.3 is 0 Å². The Morgan fingerprint density at radius 2 is 1.62 bits per heavy atom. The first-order valence-electron chi connectivity index (χ1n) is 12.8. The molecule has 0 saturated carbocycles. The average Bonchev–Trinajstić information content (AvgIpc) is 2.84. The van der Waals surface area contributed by atoms with Crippen LogP contribution >= 0.6 is 27.5 Å². The van der Waals surface area contributed by atoms with Crippen LogP contribution in [0.1, 0.15) is 37.5 Å². The van der Waals surface area contributed by atoms with E-state index in [1.807, 2.05) is 75.4 Å². The van der Waals surface area contributed by atoms with Gasteiger partial charge in [-0.2, -0.15) is 0 Å². The summed E-state index contributed by atoms with van der Waals surface area (Å²) < 4.78 is 27.8. The first kappa shape index (κ1) is 31.6. The molecule has 3 aromatic rings. The third kappa shape index (κ3) is 9.08. The van der Waals surface area contributed by atoms with Crippen LogP contribution in [0.3, 0.4) is 0 Å². The molecule has 1 N–H and O–H groups in total. The number of aryl methyl sites for hydroxylation is 1. The van der Waals surface area contributed by atoms with Crippen LogP contribution in [0.15, 0.2) is 77.3 Å². The summed E-state index contributed by atoms with van der Waals surface area (Å²) in [6.07, 6.45) is 1.31.